The van der Waals surface area contributed by atoms with Gasteiger partial charge in [-0.3, -0.25) is 0 Å². The van der Waals surface area contributed by atoms with Crippen LogP contribution in [0.5, 0.6) is 0 Å². The highest BCUT2D eigenvalue weighted by molar-refractivity contribution is 7.98. The highest BCUT2D eigenvalue weighted by Gasteiger charge is 2.15. The predicted octanol–water partition coefficient (Wildman–Crippen LogP) is 2.43. The third-order valence-electron chi connectivity index (χ3n) is 2.63. The summed E-state index contributed by atoms with van der Waals surface area (Å²) < 4.78 is 5.56. The van der Waals surface area contributed by atoms with E-state index in [1.54, 1.807) is 17.8 Å². The number of hydrogen-bond acceptors (Lipinski definition) is 5. The number of nitrogens with zero attached hydrogens (tertiary/aromatic N) is 1. The molecule has 1 fully saturated rings. The van der Waals surface area contributed by atoms with Gasteiger partial charge in [-0.25, -0.2) is 10.8 Å². The van der Waals surface area contributed by atoms with E-state index in [0.29, 0.717) is 16.9 Å². The van der Waals surface area contributed by atoms with E-state index >= 15 is 0 Å². The smallest absolute Gasteiger partial charge is 0.140 e. The van der Waals surface area contributed by atoms with Crippen LogP contribution in [-0.2, 0) is 10.5 Å². The van der Waals surface area contributed by atoms with Crippen molar-refractivity contribution in [1.82, 2.24) is 4.98 Å². The van der Waals surface area contributed by atoms with Crippen molar-refractivity contribution in [2.24, 2.45) is 5.84 Å². The number of hydrazine groups is 1. The summed E-state index contributed by atoms with van der Waals surface area (Å²) in [5.74, 6) is 7.74. The molecule has 0 bridgehead atoms. The Labute approximate surface area is 110 Å². The highest BCUT2D eigenvalue weighted by Crippen LogP contribution is 2.24. The molecule has 1 unspecified atom stereocenters. The fourth-order valence-electron chi connectivity index (χ4n) is 1.73. The van der Waals surface area contributed by atoms with Crippen LogP contribution in [0.1, 0.15) is 18.5 Å². The lowest BCUT2D eigenvalue weighted by Gasteiger charge is -2.09. The van der Waals surface area contributed by atoms with E-state index in [-0.39, 0.29) is 0 Å². The third kappa shape index (κ3) is 3.74. The van der Waals surface area contributed by atoms with Crippen molar-refractivity contribution in [3.05, 3.63) is 22.8 Å². The zero-order chi connectivity index (χ0) is 12.1. The first-order valence-electron chi connectivity index (χ1n) is 5.61. The maximum atomic E-state index is 6.07. The second-order valence-electron chi connectivity index (χ2n) is 3.92. The summed E-state index contributed by atoms with van der Waals surface area (Å²) >= 11 is 7.87. The van der Waals surface area contributed by atoms with Gasteiger partial charge in [-0.1, -0.05) is 11.6 Å². The summed E-state index contributed by atoms with van der Waals surface area (Å²) in [5, 5.41) is 0.684. The fourth-order valence-corrected chi connectivity index (χ4v) is 3.04. The number of hydrogen-bond donors (Lipinski definition) is 2. The Kier molecular flexibility index (Phi) is 4.91. The van der Waals surface area contributed by atoms with E-state index in [0.717, 1.165) is 23.8 Å². The van der Waals surface area contributed by atoms with E-state index < -0.39 is 0 Å². The van der Waals surface area contributed by atoms with Gasteiger partial charge in [0.2, 0.25) is 0 Å². The molecule has 2 heterocycles. The molecule has 0 aliphatic carbocycles. The average Bonchev–Trinajstić information content (AvgIpc) is 2.84. The number of ether oxygens (including phenoxy) is 1. The summed E-state index contributed by atoms with van der Waals surface area (Å²) in [7, 11) is 0. The monoisotopic (exact) mass is 273 g/mol. The van der Waals surface area contributed by atoms with Gasteiger partial charge in [0.25, 0.3) is 0 Å². The molecule has 6 heteroatoms. The van der Waals surface area contributed by atoms with Crippen LogP contribution in [0.15, 0.2) is 12.1 Å². The van der Waals surface area contributed by atoms with Crippen molar-refractivity contribution < 1.29 is 4.74 Å². The second-order valence-corrected chi connectivity index (χ2v) is 5.36. The molecule has 0 saturated carbocycles. The molecule has 3 N–H and O–H groups in total. The molecule has 2 rings (SSSR count). The number of aromatic nitrogens is 1. The number of anilines is 1. The first-order chi connectivity index (χ1) is 8.29. The van der Waals surface area contributed by atoms with E-state index in [1.165, 1.54) is 12.8 Å². The fraction of sp³-hybridized carbons (Fsp3) is 0.545. The molecule has 94 valence electrons. The van der Waals surface area contributed by atoms with Gasteiger partial charge in [0.05, 0.1) is 16.8 Å². The van der Waals surface area contributed by atoms with Crippen molar-refractivity contribution in [2.45, 2.75) is 24.7 Å². The third-order valence-corrected chi connectivity index (χ3v) is 4.06. The van der Waals surface area contributed by atoms with Gasteiger partial charge in [-0.15, -0.1) is 0 Å². The molecule has 1 aliphatic heterocycles. The van der Waals surface area contributed by atoms with Crippen molar-refractivity contribution in [3.8, 4) is 0 Å². The number of nitrogens with one attached hydrogen (secondary N) is 1. The van der Waals surface area contributed by atoms with Gasteiger partial charge in [0.1, 0.15) is 5.82 Å². The maximum absolute atomic E-state index is 6.07. The molecule has 0 amide bonds. The van der Waals surface area contributed by atoms with E-state index in [9.17, 15) is 0 Å². The number of rotatable bonds is 5. The zero-order valence-electron chi connectivity index (χ0n) is 9.49. The van der Waals surface area contributed by atoms with E-state index in [2.05, 4.69) is 10.4 Å². The second kappa shape index (κ2) is 6.44. The molecule has 1 atom stereocenters. The lowest BCUT2D eigenvalue weighted by molar-refractivity contribution is 0.129. The minimum Gasteiger partial charge on any atom is -0.377 e. The van der Waals surface area contributed by atoms with Crippen LogP contribution < -0.4 is 11.3 Å². The first-order valence-corrected chi connectivity index (χ1v) is 7.14. The topological polar surface area (TPSA) is 60.2 Å². The SMILES string of the molecule is NNc1ccc(Cl)c(CSCC2CCCO2)n1. The summed E-state index contributed by atoms with van der Waals surface area (Å²) in [4.78, 5) is 4.33. The molecule has 0 spiro atoms. The number of halogens is 1. The summed E-state index contributed by atoms with van der Waals surface area (Å²) in [6.07, 6.45) is 2.74. The Morgan fingerprint density at radius 1 is 1.59 bits per heavy atom. The molecule has 1 aromatic rings. The molecule has 0 radical (unpaired) electrons. The van der Waals surface area contributed by atoms with Gasteiger partial charge in [-0.2, -0.15) is 11.8 Å². The van der Waals surface area contributed by atoms with Crippen molar-refractivity contribution in [3.63, 3.8) is 0 Å². The summed E-state index contributed by atoms with van der Waals surface area (Å²) in [6.45, 7) is 0.900. The molecule has 17 heavy (non-hydrogen) atoms. The first kappa shape index (κ1) is 13.0. The molecule has 1 aliphatic rings. The Hall–Kier alpha value is -0.490. The largest absolute Gasteiger partial charge is 0.377 e. The molecule has 0 aromatic carbocycles. The van der Waals surface area contributed by atoms with Gasteiger partial charge in [0.15, 0.2) is 0 Å². The lowest BCUT2D eigenvalue weighted by Crippen LogP contribution is -2.10. The number of pyridine rings is 1. The summed E-state index contributed by atoms with van der Waals surface area (Å²) in [6, 6.07) is 3.57. The minimum absolute atomic E-state index is 0.398. The Bertz CT molecular complexity index is 372. The molecular formula is C11H16ClN3OS. The highest BCUT2D eigenvalue weighted by atomic mass is 35.5. The minimum atomic E-state index is 0.398. The predicted molar refractivity (Wildman–Crippen MR) is 72.2 cm³/mol. The average molecular weight is 274 g/mol. The van der Waals surface area contributed by atoms with Gasteiger partial charge in [-0.05, 0) is 25.0 Å². The quantitative estimate of drug-likeness (QED) is 0.637. The molecular weight excluding hydrogens is 258 g/mol. The van der Waals surface area contributed by atoms with Crippen LogP contribution in [0.3, 0.4) is 0 Å². The number of nitrogens with two attached hydrogens (primary N) is 1. The van der Waals surface area contributed by atoms with Crippen molar-refractivity contribution in [2.75, 3.05) is 17.8 Å². The van der Waals surface area contributed by atoms with Crippen LogP contribution >= 0.6 is 23.4 Å². The maximum Gasteiger partial charge on any atom is 0.140 e. The number of nitrogen functional groups attached to an aromatic ring is 1. The Morgan fingerprint density at radius 2 is 2.47 bits per heavy atom. The van der Waals surface area contributed by atoms with Gasteiger partial charge >= 0.3 is 0 Å². The van der Waals surface area contributed by atoms with Crippen molar-refractivity contribution in [1.29, 1.82) is 0 Å². The van der Waals surface area contributed by atoms with E-state index in [1.807, 2.05) is 6.07 Å². The molecule has 1 aromatic heterocycles. The van der Waals surface area contributed by atoms with Crippen LogP contribution in [0.2, 0.25) is 5.02 Å². The normalized spacial score (nSPS) is 19.5. The summed E-state index contributed by atoms with van der Waals surface area (Å²) in [5.41, 5.74) is 3.39. The standard InChI is InChI=1S/C11H16ClN3OS/c12-9-3-4-11(15-13)14-10(9)7-17-6-8-2-1-5-16-8/h3-4,8H,1-2,5-7,13H2,(H,14,15). The van der Waals surface area contributed by atoms with Crippen molar-refractivity contribution >= 4 is 29.2 Å². The Balaban J connectivity index is 1.84. The van der Waals surface area contributed by atoms with Gasteiger partial charge < -0.3 is 10.2 Å². The van der Waals surface area contributed by atoms with Crippen LogP contribution in [-0.4, -0.2) is 23.4 Å². The van der Waals surface area contributed by atoms with Gasteiger partial charge in [0, 0.05) is 18.1 Å². The lowest BCUT2D eigenvalue weighted by atomic mass is 10.3. The zero-order valence-corrected chi connectivity index (χ0v) is 11.1. The number of thioether (sulfide) groups is 1. The van der Waals surface area contributed by atoms with Crippen LogP contribution in [0.25, 0.3) is 0 Å². The van der Waals surface area contributed by atoms with Crippen LogP contribution in [0, 0.1) is 0 Å². The van der Waals surface area contributed by atoms with Crippen LogP contribution in [0.4, 0.5) is 5.82 Å². The molecule has 4 nitrogen and oxygen atoms in total. The van der Waals surface area contributed by atoms with E-state index in [4.69, 9.17) is 22.2 Å². The molecule has 1 saturated heterocycles. The Morgan fingerprint density at radius 3 is 3.18 bits per heavy atom.